The lowest BCUT2D eigenvalue weighted by atomic mass is 10.00. The Morgan fingerprint density at radius 2 is 2.17 bits per heavy atom. The maximum Gasteiger partial charge on any atom is 0.134 e. The van der Waals surface area contributed by atoms with E-state index in [1.807, 2.05) is 6.07 Å². The molecule has 4 nitrogen and oxygen atoms in total. The van der Waals surface area contributed by atoms with Crippen LogP contribution in [-0.4, -0.2) is 22.6 Å². The quantitative estimate of drug-likeness (QED) is 0.890. The number of rotatable bonds is 4. The van der Waals surface area contributed by atoms with Gasteiger partial charge in [0.25, 0.3) is 0 Å². The maximum absolute atomic E-state index is 5.91. The first kappa shape index (κ1) is 13.1. The summed E-state index contributed by atoms with van der Waals surface area (Å²) >= 11 is 0. The zero-order valence-corrected chi connectivity index (χ0v) is 11.5. The van der Waals surface area contributed by atoms with Crippen LogP contribution in [-0.2, 0) is 6.42 Å². The van der Waals surface area contributed by atoms with Crippen LogP contribution < -0.4 is 10.6 Å². The van der Waals surface area contributed by atoms with Crippen molar-refractivity contribution >= 4 is 11.6 Å². The van der Waals surface area contributed by atoms with Gasteiger partial charge in [-0.25, -0.2) is 9.97 Å². The molecule has 1 saturated heterocycles. The molecule has 1 atom stereocenters. The van der Waals surface area contributed by atoms with Crippen molar-refractivity contribution in [2.75, 3.05) is 17.2 Å². The molecule has 1 aromatic rings. The SMILES string of the molecule is CCCc1nc(N)cc(N2CCCCC2CC)n1. The van der Waals surface area contributed by atoms with E-state index in [9.17, 15) is 0 Å². The number of nitrogens with zero attached hydrogens (tertiary/aromatic N) is 3. The Labute approximate surface area is 110 Å². The summed E-state index contributed by atoms with van der Waals surface area (Å²) in [5.41, 5.74) is 5.91. The first-order valence-corrected chi connectivity index (χ1v) is 7.14. The zero-order chi connectivity index (χ0) is 13.0. The van der Waals surface area contributed by atoms with Gasteiger partial charge in [-0.05, 0) is 32.1 Å². The molecule has 18 heavy (non-hydrogen) atoms. The van der Waals surface area contributed by atoms with Crippen molar-refractivity contribution in [1.82, 2.24) is 9.97 Å². The van der Waals surface area contributed by atoms with Crippen LogP contribution in [0.3, 0.4) is 0 Å². The second-order valence-electron chi connectivity index (χ2n) is 5.07. The highest BCUT2D eigenvalue weighted by Gasteiger charge is 2.22. The van der Waals surface area contributed by atoms with E-state index in [-0.39, 0.29) is 0 Å². The summed E-state index contributed by atoms with van der Waals surface area (Å²) in [6.45, 7) is 5.49. The predicted octanol–water partition coefficient (Wildman–Crippen LogP) is 2.78. The van der Waals surface area contributed by atoms with Gasteiger partial charge in [-0.15, -0.1) is 0 Å². The highest BCUT2D eigenvalue weighted by molar-refractivity contribution is 5.48. The number of hydrogen-bond donors (Lipinski definition) is 1. The lowest BCUT2D eigenvalue weighted by Gasteiger charge is -2.36. The van der Waals surface area contributed by atoms with Crippen LogP contribution in [0.1, 0.15) is 51.8 Å². The molecule has 0 saturated carbocycles. The van der Waals surface area contributed by atoms with E-state index in [4.69, 9.17) is 5.73 Å². The molecule has 0 aliphatic carbocycles. The summed E-state index contributed by atoms with van der Waals surface area (Å²) in [6.07, 6.45) is 6.99. The van der Waals surface area contributed by atoms with E-state index < -0.39 is 0 Å². The third kappa shape index (κ3) is 2.92. The first-order valence-electron chi connectivity index (χ1n) is 7.14. The molecule has 0 radical (unpaired) electrons. The Morgan fingerprint density at radius 3 is 2.89 bits per heavy atom. The Bertz CT molecular complexity index is 391. The monoisotopic (exact) mass is 248 g/mol. The van der Waals surface area contributed by atoms with Gasteiger partial charge in [0.05, 0.1) is 0 Å². The number of nitrogen functional groups attached to an aromatic ring is 1. The molecular formula is C14H24N4. The molecule has 1 aliphatic rings. The molecule has 4 heteroatoms. The van der Waals surface area contributed by atoms with Crippen molar-refractivity contribution in [2.45, 2.75) is 58.4 Å². The highest BCUT2D eigenvalue weighted by atomic mass is 15.2. The fourth-order valence-corrected chi connectivity index (χ4v) is 2.71. The second kappa shape index (κ2) is 6.03. The van der Waals surface area contributed by atoms with Crippen molar-refractivity contribution in [1.29, 1.82) is 0 Å². The van der Waals surface area contributed by atoms with Crippen molar-refractivity contribution in [3.63, 3.8) is 0 Å². The molecule has 1 unspecified atom stereocenters. The molecule has 0 spiro atoms. The normalized spacial score (nSPS) is 20.1. The van der Waals surface area contributed by atoms with Gasteiger partial charge < -0.3 is 10.6 Å². The molecule has 2 heterocycles. The molecule has 1 aliphatic heterocycles. The van der Waals surface area contributed by atoms with Gasteiger partial charge in [-0.1, -0.05) is 13.8 Å². The van der Waals surface area contributed by atoms with Crippen molar-refractivity contribution in [3.05, 3.63) is 11.9 Å². The van der Waals surface area contributed by atoms with Gasteiger partial charge >= 0.3 is 0 Å². The standard InChI is InChI=1S/C14H24N4/c1-3-7-13-16-12(15)10-14(17-13)18-9-6-5-8-11(18)4-2/h10-11H,3-9H2,1-2H3,(H2,15,16,17). The smallest absolute Gasteiger partial charge is 0.134 e. The fraction of sp³-hybridized carbons (Fsp3) is 0.714. The first-order chi connectivity index (χ1) is 8.74. The van der Waals surface area contributed by atoms with Gasteiger partial charge in [0.1, 0.15) is 17.5 Å². The van der Waals surface area contributed by atoms with Crippen LogP contribution in [0, 0.1) is 0 Å². The van der Waals surface area contributed by atoms with Crippen LogP contribution in [0.4, 0.5) is 11.6 Å². The molecule has 0 aromatic carbocycles. The summed E-state index contributed by atoms with van der Waals surface area (Å²) in [7, 11) is 0. The Balaban J connectivity index is 2.24. The topological polar surface area (TPSA) is 55.0 Å². The maximum atomic E-state index is 5.91. The van der Waals surface area contributed by atoms with Crippen LogP contribution in [0.5, 0.6) is 0 Å². The minimum absolute atomic E-state index is 0.601. The van der Waals surface area contributed by atoms with E-state index in [1.165, 1.54) is 25.7 Å². The molecule has 2 rings (SSSR count). The molecular weight excluding hydrogens is 224 g/mol. The summed E-state index contributed by atoms with van der Waals surface area (Å²) in [6, 6.07) is 2.54. The Kier molecular flexibility index (Phi) is 4.39. The van der Waals surface area contributed by atoms with E-state index in [0.29, 0.717) is 11.9 Å². The van der Waals surface area contributed by atoms with Crippen LogP contribution in [0.25, 0.3) is 0 Å². The summed E-state index contributed by atoms with van der Waals surface area (Å²) < 4.78 is 0. The second-order valence-corrected chi connectivity index (χ2v) is 5.07. The van der Waals surface area contributed by atoms with Crippen molar-refractivity contribution in [2.24, 2.45) is 0 Å². The van der Waals surface area contributed by atoms with E-state index >= 15 is 0 Å². The number of aromatic nitrogens is 2. The molecule has 100 valence electrons. The summed E-state index contributed by atoms with van der Waals surface area (Å²) in [4.78, 5) is 11.4. The lowest BCUT2D eigenvalue weighted by molar-refractivity contribution is 0.446. The molecule has 0 amide bonds. The average Bonchev–Trinajstić information content (AvgIpc) is 2.38. The molecule has 2 N–H and O–H groups in total. The summed E-state index contributed by atoms with van der Waals surface area (Å²) in [5, 5.41) is 0. The largest absolute Gasteiger partial charge is 0.384 e. The molecule has 0 bridgehead atoms. The average molecular weight is 248 g/mol. The van der Waals surface area contributed by atoms with Crippen LogP contribution >= 0.6 is 0 Å². The van der Waals surface area contributed by atoms with Gasteiger partial charge in [0.15, 0.2) is 0 Å². The van der Waals surface area contributed by atoms with Gasteiger partial charge in [0, 0.05) is 25.1 Å². The van der Waals surface area contributed by atoms with Crippen LogP contribution in [0.2, 0.25) is 0 Å². The third-order valence-corrected chi connectivity index (χ3v) is 3.65. The number of aryl methyl sites for hydroxylation is 1. The number of piperidine rings is 1. The number of anilines is 2. The van der Waals surface area contributed by atoms with Crippen LogP contribution in [0.15, 0.2) is 6.07 Å². The van der Waals surface area contributed by atoms with Gasteiger partial charge in [0.2, 0.25) is 0 Å². The Hall–Kier alpha value is -1.32. The van der Waals surface area contributed by atoms with E-state index in [2.05, 4.69) is 28.7 Å². The minimum atomic E-state index is 0.601. The van der Waals surface area contributed by atoms with Crippen molar-refractivity contribution in [3.8, 4) is 0 Å². The number of hydrogen-bond acceptors (Lipinski definition) is 4. The third-order valence-electron chi connectivity index (χ3n) is 3.65. The lowest BCUT2D eigenvalue weighted by Crippen LogP contribution is -2.39. The molecule has 1 aromatic heterocycles. The number of nitrogens with two attached hydrogens (primary N) is 1. The van der Waals surface area contributed by atoms with E-state index in [1.54, 1.807) is 0 Å². The highest BCUT2D eigenvalue weighted by Crippen LogP contribution is 2.26. The predicted molar refractivity (Wildman–Crippen MR) is 75.7 cm³/mol. The van der Waals surface area contributed by atoms with Crippen molar-refractivity contribution < 1.29 is 0 Å². The zero-order valence-electron chi connectivity index (χ0n) is 11.5. The molecule has 1 fully saturated rings. The van der Waals surface area contributed by atoms with Gasteiger partial charge in [-0.2, -0.15) is 0 Å². The van der Waals surface area contributed by atoms with Gasteiger partial charge in [-0.3, -0.25) is 0 Å². The summed E-state index contributed by atoms with van der Waals surface area (Å²) in [5.74, 6) is 2.51. The fourth-order valence-electron chi connectivity index (χ4n) is 2.71. The van der Waals surface area contributed by atoms with E-state index in [0.717, 1.165) is 31.0 Å². The minimum Gasteiger partial charge on any atom is -0.384 e. The Morgan fingerprint density at radius 1 is 1.33 bits per heavy atom.